The van der Waals surface area contributed by atoms with E-state index in [0.29, 0.717) is 5.92 Å². The highest BCUT2D eigenvalue weighted by atomic mass is 35.5. The first-order valence-corrected chi connectivity index (χ1v) is 4.62. The molecule has 0 spiro atoms. The summed E-state index contributed by atoms with van der Waals surface area (Å²) in [6, 6.07) is 8.81. The summed E-state index contributed by atoms with van der Waals surface area (Å²) in [6.07, 6.45) is 1.20. The van der Waals surface area contributed by atoms with Gasteiger partial charge in [0.05, 0.1) is 0 Å². The Labute approximate surface area is 77.7 Å². The quantitative estimate of drug-likeness (QED) is 0.699. The predicted molar refractivity (Wildman–Crippen MR) is 50.5 cm³/mol. The van der Waals surface area contributed by atoms with E-state index in [0.717, 1.165) is 18.1 Å². The summed E-state index contributed by atoms with van der Waals surface area (Å²) in [5, 5.41) is 4.18. The molecule has 63 valence electrons. The van der Waals surface area contributed by atoms with Gasteiger partial charge in [-0.2, -0.15) is 0 Å². The lowest BCUT2D eigenvalue weighted by Crippen LogP contribution is -2.08. The number of halogens is 1. The molecule has 12 heavy (non-hydrogen) atoms. The van der Waals surface area contributed by atoms with Crippen LogP contribution in [0.1, 0.15) is 17.9 Å². The topological polar surface area (TPSA) is 12.0 Å². The number of benzene rings is 1. The zero-order valence-corrected chi connectivity index (χ0v) is 7.56. The summed E-state index contributed by atoms with van der Waals surface area (Å²) in [5.41, 5.74) is 1.26. The average Bonchev–Trinajstić information content (AvgIpc) is 2.57. The van der Waals surface area contributed by atoms with Crippen molar-refractivity contribution in [1.82, 2.24) is 5.32 Å². The van der Waals surface area contributed by atoms with E-state index in [1.165, 1.54) is 12.0 Å². The van der Waals surface area contributed by atoms with Gasteiger partial charge in [-0.3, -0.25) is 0 Å². The zero-order valence-electron chi connectivity index (χ0n) is 6.81. The van der Waals surface area contributed by atoms with E-state index in [2.05, 4.69) is 17.4 Å². The summed E-state index contributed by atoms with van der Waals surface area (Å²) in [7, 11) is 0. The Morgan fingerprint density at radius 2 is 2.50 bits per heavy atom. The third kappa shape index (κ3) is 1.47. The van der Waals surface area contributed by atoms with Crippen molar-refractivity contribution in [1.29, 1.82) is 0 Å². The molecule has 1 heterocycles. The number of hydrogen-bond donors (Lipinski definition) is 1. The van der Waals surface area contributed by atoms with Crippen LogP contribution in [0.2, 0.25) is 5.02 Å². The SMILES string of the molecule is Clc1c[c]ccc1C1CCNC1. The van der Waals surface area contributed by atoms with Gasteiger partial charge in [-0.05, 0) is 36.6 Å². The van der Waals surface area contributed by atoms with Gasteiger partial charge in [0.1, 0.15) is 0 Å². The van der Waals surface area contributed by atoms with Gasteiger partial charge in [-0.15, -0.1) is 0 Å². The second-order valence-corrected chi connectivity index (χ2v) is 3.54. The summed E-state index contributed by atoms with van der Waals surface area (Å²) >= 11 is 6.05. The Balaban J connectivity index is 2.26. The molecule has 0 aromatic heterocycles. The summed E-state index contributed by atoms with van der Waals surface area (Å²) in [4.78, 5) is 0. The average molecular weight is 181 g/mol. The Bertz CT molecular complexity index is 266. The zero-order chi connectivity index (χ0) is 8.39. The van der Waals surface area contributed by atoms with Gasteiger partial charge in [0.25, 0.3) is 0 Å². The first-order valence-electron chi connectivity index (χ1n) is 4.24. The van der Waals surface area contributed by atoms with E-state index in [1.807, 2.05) is 12.1 Å². The maximum Gasteiger partial charge on any atom is 0.0447 e. The molecule has 0 aliphatic carbocycles. The first kappa shape index (κ1) is 8.09. The Morgan fingerprint density at radius 3 is 3.17 bits per heavy atom. The van der Waals surface area contributed by atoms with Crippen LogP contribution >= 0.6 is 11.6 Å². The number of nitrogens with one attached hydrogen (secondary N) is 1. The van der Waals surface area contributed by atoms with Crippen LogP contribution in [0.15, 0.2) is 18.2 Å². The molecular formula is C10H11ClN. The molecule has 1 unspecified atom stereocenters. The van der Waals surface area contributed by atoms with Gasteiger partial charge in [-0.25, -0.2) is 0 Å². The van der Waals surface area contributed by atoms with Crippen molar-refractivity contribution < 1.29 is 0 Å². The van der Waals surface area contributed by atoms with Crippen LogP contribution in [0.25, 0.3) is 0 Å². The predicted octanol–water partition coefficient (Wildman–Crippen LogP) is 2.22. The molecule has 1 saturated heterocycles. The van der Waals surface area contributed by atoms with E-state index in [-0.39, 0.29) is 0 Å². The highest BCUT2D eigenvalue weighted by molar-refractivity contribution is 6.31. The third-order valence-electron chi connectivity index (χ3n) is 2.35. The molecule has 0 amide bonds. The van der Waals surface area contributed by atoms with Crippen LogP contribution < -0.4 is 5.32 Å². The maximum absolute atomic E-state index is 6.05. The van der Waals surface area contributed by atoms with E-state index >= 15 is 0 Å². The van der Waals surface area contributed by atoms with E-state index in [1.54, 1.807) is 0 Å². The summed E-state index contributed by atoms with van der Waals surface area (Å²) in [5.74, 6) is 0.604. The monoisotopic (exact) mass is 180 g/mol. The van der Waals surface area contributed by atoms with Crippen molar-refractivity contribution in [3.8, 4) is 0 Å². The molecule has 1 aliphatic rings. The fourth-order valence-corrected chi connectivity index (χ4v) is 1.95. The maximum atomic E-state index is 6.05. The van der Waals surface area contributed by atoms with Crippen LogP contribution in [0.4, 0.5) is 0 Å². The molecule has 1 aromatic carbocycles. The third-order valence-corrected chi connectivity index (χ3v) is 2.67. The largest absolute Gasteiger partial charge is 0.316 e. The summed E-state index contributed by atoms with van der Waals surface area (Å²) in [6.45, 7) is 2.17. The molecule has 2 rings (SSSR count). The van der Waals surface area contributed by atoms with Crippen molar-refractivity contribution >= 4 is 11.6 Å². The molecule has 1 aromatic rings. The molecule has 0 bridgehead atoms. The smallest absolute Gasteiger partial charge is 0.0447 e. The molecule has 1 nitrogen and oxygen atoms in total. The fraction of sp³-hybridized carbons (Fsp3) is 0.400. The van der Waals surface area contributed by atoms with Crippen LogP contribution in [-0.2, 0) is 0 Å². The van der Waals surface area contributed by atoms with E-state index in [9.17, 15) is 0 Å². The molecular weight excluding hydrogens is 170 g/mol. The molecule has 2 heteroatoms. The minimum atomic E-state index is 0.604. The van der Waals surface area contributed by atoms with Crippen molar-refractivity contribution in [2.45, 2.75) is 12.3 Å². The van der Waals surface area contributed by atoms with Gasteiger partial charge in [0, 0.05) is 11.6 Å². The highest BCUT2D eigenvalue weighted by Gasteiger charge is 2.18. The lowest BCUT2D eigenvalue weighted by atomic mass is 9.99. The van der Waals surface area contributed by atoms with Crippen LogP contribution in [0.5, 0.6) is 0 Å². The second kappa shape index (κ2) is 3.46. The minimum absolute atomic E-state index is 0.604. The number of rotatable bonds is 1. The summed E-state index contributed by atoms with van der Waals surface area (Å²) < 4.78 is 0. The van der Waals surface area contributed by atoms with Gasteiger partial charge >= 0.3 is 0 Å². The van der Waals surface area contributed by atoms with E-state index in [4.69, 9.17) is 11.6 Å². The normalized spacial score (nSPS) is 22.9. The Hall–Kier alpha value is -0.530. The standard InChI is InChI=1S/C10H11ClN/c11-10-4-2-1-3-9(10)8-5-6-12-7-8/h1,3-4,8,12H,5-7H2. The lowest BCUT2D eigenvalue weighted by molar-refractivity contribution is 0.763. The van der Waals surface area contributed by atoms with Crippen molar-refractivity contribution in [3.05, 3.63) is 34.9 Å². The minimum Gasteiger partial charge on any atom is -0.316 e. The van der Waals surface area contributed by atoms with Crippen molar-refractivity contribution in [2.75, 3.05) is 13.1 Å². The van der Waals surface area contributed by atoms with E-state index < -0.39 is 0 Å². The van der Waals surface area contributed by atoms with Gasteiger partial charge < -0.3 is 5.32 Å². The molecule has 1 radical (unpaired) electrons. The first-order chi connectivity index (χ1) is 5.88. The molecule has 1 atom stereocenters. The molecule has 1 N–H and O–H groups in total. The second-order valence-electron chi connectivity index (χ2n) is 3.14. The lowest BCUT2D eigenvalue weighted by Gasteiger charge is -2.09. The highest BCUT2D eigenvalue weighted by Crippen LogP contribution is 2.28. The Morgan fingerprint density at radius 1 is 1.58 bits per heavy atom. The van der Waals surface area contributed by atoms with Crippen LogP contribution in [0, 0.1) is 6.07 Å². The fourth-order valence-electron chi connectivity index (χ4n) is 1.67. The number of hydrogen-bond acceptors (Lipinski definition) is 1. The molecule has 0 saturated carbocycles. The molecule has 1 fully saturated rings. The van der Waals surface area contributed by atoms with Crippen molar-refractivity contribution in [2.24, 2.45) is 0 Å². The van der Waals surface area contributed by atoms with Crippen molar-refractivity contribution in [3.63, 3.8) is 0 Å². The van der Waals surface area contributed by atoms with Gasteiger partial charge in [0.15, 0.2) is 0 Å². The molecule has 1 aliphatic heterocycles. The van der Waals surface area contributed by atoms with Gasteiger partial charge in [-0.1, -0.05) is 23.7 Å². The van der Waals surface area contributed by atoms with Crippen LogP contribution in [0.3, 0.4) is 0 Å². The Kier molecular flexibility index (Phi) is 2.33. The van der Waals surface area contributed by atoms with Gasteiger partial charge in [0.2, 0.25) is 0 Å². The van der Waals surface area contributed by atoms with Crippen LogP contribution in [-0.4, -0.2) is 13.1 Å².